The lowest BCUT2D eigenvalue weighted by molar-refractivity contribution is -0.181. The van der Waals surface area contributed by atoms with Crippen LogP contribution in [0.2, 0.25) is 0 Å². The van der Waals surface area contributed by atoms with Gasteiger partial charge in [-0.05, 0) is 52.3 Å². The number of benzene rings is 2. The number of imide groups is 1. The fourth-order valence-electron chi connectivity index (χ4n) is 3.32. The molecule has 1 aliphatic rings. The van der Waals surface area contributed by atoms with E-state index >= 15 is 0 Å². The standard InChI is InChI=1S/C24H26N2O6/c1-23(2,3)31-22(30)25-18(15-11-7-6-8-12-15)24(4,5)21(29)32-26-19(27)16-13-9-10-14-17(16)20(26)28/h6-14,18H,1-5H3,(H,25,30). The van der Waals surface area contributed by atoms with Gasteiger partial charge in [-0.25, -0.2) is 9.59 Å². The molecule has 8 heteroatoms. The number of carbonyl (C=O) groups is 4. The normalized spacial score (nSPS) is 14.6. The summed E-state index contributed by atoms with van der Waals surface area (Å²) in [6.07, 6.45) is -0.715. The van der Waals surface area contributed by atoms with Crippen molar-refractivity contribution < 1.29 is 28.8 Å². The lowest BCUT2D eigenvalue weighted by atomic mass is 9.80. The number of hydroxylamine groups is 2. The number of hydrogen-bond donors (Lipinski definition) is 1. The minimum absolute atomic E-state index is 0.162. The van der Waals surface area contributed by atoms with Gasteiger partial charge in [0.2, 0.25) is 0 Å². The summed E-state index contributed by atoms with van der Waals surface area (Å²) in [7, 11) is 0. The monoisotopic (exact) mass is 438 g/mol. The van der Waals surface area contributed by atoms with Crippen LogP contribution in [-0.4, -0.2) is 34.5 Å². The largest absolute Gasteiger partial charge is 0.444 e. The molecule has 2 aromatic rings. The molecule has 32 heavy (non-hydrogen) atoms. The van der Waals surface area contributed by atoms with Gasteiger partial charge >= 0.3 is 12.1 Å². The molecular weight excluding hydrogens is 412 g/mol. The molecule has 8 nitrogen and oxygen atoms in total. The summed E-state index contributed by atoms with van der Waals surface area (Å²) in [5.74, 6) is -2.30. The van der Waals surface area contributed by atoms with Crippen LogP contribution in [0.4, 0.5) is 4.79 Å². The highest BCUT2D eigenvalue weighted by molar-refractivity contribution is 6.20. The Labute approximate surface area is 186 Å². The second-order valence-corrected chi connectivity index (χ2v) is 9.04. The van der Waals surface area contributed by atoms with Gasteiger partial charge in [0.15, 0.2) is 0 Å². The van der Waals surface area contributed by atoms with E-state index in [2.05, 4.69) is 5.32 Å². The highest BCUT2D eigenvalue weighted by atomic mass is 16.7. The molecule has 0 saturated carbocycles. The van der Waals surface area contributed by atoms with E-state index in [1.807, 2.05) is 0 Å². The fraction of sp³-hybridized carbons (Fsp3) is 0.333. The SMILES string of the molecule is CC(C)(C)OC(=O)NC(c1ccccc1)C(C)(C)C(=O)ON1C(=O)c2ccccc2C1=O. The topological polar surface area (TPSA) is 102 Å². The van der Waals surface area contributed by atoms with E-state index in [9.17, 15) is 19.2 Å². The molecule has 1 aliphatic heterocycles. The molecule has 0 radical (unpaired) electrons. The Hall–Kier alpha value is -3.68. The maximum absolute atomic E-state index is 13.2. The van der Waals surface area contributed by atoms with Crippen molar-refractivity contribution in [2.75, 3.05) is 0 Å². The Morgan fingerprint density at radius 2 is 1.34 bits per heavy atom. The number of amides is 3. The van der Waals surface area contributed by atoms with Gasteiger partial charge in [-0.1, -0.05) is 47.5 Å². The molecule has 1 N–H and O–H groups in total. The lowest BCUT2D eigenvalue weighted by Gasteiger charge is -2.34. The number of fused-ring (bicyclic) bond motifs is 1. The molecule has 1 heterocycles. The molecule has 0 spiro atoms. The number of alkyl carbamates (subject to hydrolysis) is 1. The van der Waals surface area contributed by atoms with E-state index in [0.29, 0.717) is 10.6 Å². The number of hydrogen-bond acceptors (Lipinski definition) is 6. The summed E-state index contributed by atoms with van der Waals surface area (Å²) in [6.45, 7) is 8.30. The Bertz CT molecular complexity index is 1020. The average Bonchev–Trinajstić information content (AvgIpc) is 2.96. The van der Waals surface area contributed by atoms with Crippen molar-refractivity contribution >= 4 is 23.9 Å². The van der Waals surface area contributed by atoms with E-state index in [1.165, 1.54) is 12.1 Å². The highest BCUT2D eigenvalue weighted by Crippen LogP contribution is 2.36. The fourth-order valence-corrected chi connectivity index (χ4v) is 3.32. The summed E-state index contributed by atoms with van der Waals surface area (Å²) in [5.41, 5.74) is -1.16. The van der Waals surface area contributed by atoms with E-state index < -0.39 is 40.9 Å². The average molecular weight is 438 g/mol. The van der Waals surface area contributed by atoms with Crippen LogP contribution < -0.4 is 5.32 Å². The van der Waals surface area contributed by atoms with E-state index in [-0.39, 0.29) is 11.1 Å². The van der Waals surface area contributed by atoms with Gasteiger partial charge in [0.05, 0.1) is 22.6 Å². The Balaban J connectivity index is 1.86. The number of nitrogens with one attached hydrogen (secondary N) is 1. The Morgan fingerprint density at radius 3 is 1.84 bits per heavy atom. The lowest BCUT2D eigenvalue weighted by Crippen LogP contribution is -2.47. The van der Waals surface area contributed by atoms with Crippen LogP contribution in [0.5, 0.6) is 0 Å². The molecular formula is C24H26N2O6. The van der Waals surface area contributed by atoms with Crippen molar-refractivity contribution in [2.24, 2.45) is 5.41 Å². The van der Waals surface area contributed by atoms with Crippen LogP contribution in [0.15, 0.2) is 54.6 Å². The summed E-state index contributed by atoms with van der Waals surface area (Å²) in [4.78, 5) is 56.1. The van der Waals surface area contributed by atoms with Gasteiger partial charge < -0.3 is 14.9 Å². The second-order valence-electron chi connectivity index (χ2n) is 9.04. The zero-order chi connectivity index (χ0) is 23.7. The first kappa shape index (κ1) is 23.0. The van der Waals surface area contributed by atoms with Gasteiger partial charge in [0.25, 0.3) is 11.8 Å². The first-order chi connectivity index (χ1) is 14.9. The molecule has 1 atom stereocenters. The van der Waals surface area contributed by atoms with Gasteiger partial charge in [-0.3, -0.25) is 9.59 Å². The van der Waals surface area contributed by atoms with Crippen molar-refractivity contribution in [1.29, 1.82) is 0 Å². The van der Waals surface area contributed by atoms with Gasteiger partial charge in [-0.2, -0.15) is 0 Å². The molecule has 1 unspecified atom stereocenters. The number of nitrogens with zero attached hydrogens (tertiary/aromatic N) is 1. The van der Waals surface area contributed by atoms with Crippen LogP contribution in [0.1, 0.15) is 66.9 Å². The third kappa shape index (κ3) is 4.64. The van der Waals surface area contributed by atoms with Crippen molar-refractivity contribution in [3.05, 3.63) is 71.3 Å². The number of rotatable bonds is 5. The maximum atomic E-state index is 13.2. The van der Waals surface area contributed by atoms with Crippen molar-refractivity contribution in [2.45, 2.75) is 46.3 Å². The summed E-state index contributed by atoms with van der Waals surface area (Å²) < 4.78 is 5.35. The summed E-state index contributed by atoms with van der Waals surface area (Å²) in [5, 5.41) is 3.19. The van der Waals surface area contributed by atoms with Crippen LogP contribution in [-0.2, 0) is 14.4 Å². The third-order valence-corrected chi connectivity index (χ3v) is 4.97. The Kier molecular flexibility index (Phi) is 6.07. The second kappa shape index (κ2) is 8.45. The van der Waals surface area contributed by atoms with Crippen LogP contribution >= 0.6 is 0 Å². The molecule has 168 valence electrons. The zero-order valence-electron chi connectivity index (χ0n) is 18.7. The predicted molar refractivity (Wildman–Crippen MR) is 115 cm³/mol. The van der Waals surface area contributed by atoms with Crippen molar-refractivity contribution in [3.63, 3.8) is 0 Å². The first-order valence-electron chi connectivity index (χ1n) is 10.2. The minimum atomic E-state index is -1.37. The van der Waals surface area contributed by atoms with Gasteiger partial charge in [-0.15, -0.1) is 0 Å². The van der Waals surface area contributed by atoms with Crippen LogP contribution in [0.3, 0.4) is 0 Å². The van der Waals surface area contributed by atoms with Crippen LogP contribution in [0, 0.1) is 5.41 Å². The number of ether oxygens (including phenoxy) is 1. The smallest absolute Gasteiger partial charge is 0.408 e. The maximum Gasteiger partial charge on any atom is 0.408 e. The first-order valence-corrected chi connectivity index (χ1v) is 10.2. The van der Waals surface area contributed by atoms with Gasteiger partial charge in [0.1, 0.15) is 5.60 Å². The molecule has 0 saturated heterocycles. The molecule has 3 amide bonds. The highest BCUT2D eigenvalue weighted by Gasteiger charge is 2.46. The minimum Gasteiger partial charge on any atom is -0.444 e. The number of carbonyl (C=O) groups excluding carboxylic acids is 4. The predicted octanol–water partition coefficient (Wildman–Crippen LogP) is 4.03. The van der Waals surface area contributed by atoms with E-state index in [4.69, 9.17) is 9.57 Å². The Morgan fingerprint density at radius 1 is 0.844 bits per heavy atom. The molecule has 0 aliphatic carbocycles. The third-order valence-electron chi connectivity index (χ3n) is 4.97. The molecule has 0 bridgehead atoms. The summed E-state index contributed by atoms with van der Waals surface area (Å²) in [6, 6.07) is 14.2. The van der Waals surface area contributed by atoms with E-state index in [1.54, 1.807) is 77.1 Å². The van der Waals surface area contributed by atoms with Crippen LogP contribution in [0.25, 0.3) is 0 Å². The molecule has 3 rings (SSSR count). The molecule has 0 aromatic heterocycles. The molecule has 0 fully saturated rings. The molecule has 2 aromatic carbocycles. The van der Waals surface area contributed by atoms with Gasteiger partial charge in [0, 0.05) is 0 Å². The van der Waals surface area contributed by atoms with E-state index in [0.717, 1.165) is 0 Å². The zero-order valence-corrected chi connectivity index (χ0v) is 18.7. The summed E-state index contributed by atoms with van der Waals surface area (Å²) >= 11 is 0. The quantitative estimate of drug-likeness (QED) is 0.707. The van der Waals surface area contributed by atoms with Crippen molar-refractivity contribution in [3.8, 4) is 0 Å². The van der Waals surface area contributed by atoms with Crippen molar-refractivity contribution in [1.82, 2.24) is 10.4 Å².